The average Bonchev–Trinajstić information content (AvgIpc) is 3.08. The van der Waals surface area contributed by atoms with Crippen LogP contribution in [-0.2, 0) is 11.2 Å². The smallest absolute Gasteiger partial charge is 0.407 e. The third-order valence-electron chi connectivity index (χ3n) is 4.42. The number of aromatic amines is 1. The Morgan fingerprint density at radius 3 is 2.45 bits per heavy atom. The zero-order valence-electron chi connectivity index (χ0n) is 16.9. The van der Waals surface area contributed by atoms with Crippen molar-refractivity contribution >= 4 is 23.2 Å². The summed E-state index contributed by atoms with van der Waals surface area (Å²) in [5.41, 5.74) is 1.71. The molecule has 2 aromatic rings. The predicted octanol–water partition coefficient (Wildman–Crippen LogP) is 3.55. The number of ketones is 2. The number of ether oxygens (including phenoxy) is 2. The van der Waals surface area contributed by atoms with Gasteiger partial charge in [0, 0.05) is 18.3 Å². The molecule has 0 saturated heterocycles. The number of aromatic nitrogens is 1. The number of nitrogens with one attached hydrogen (secondary N) is 2. The molecule has 29 heavy (non-hydrogen) atoms. The number of Topliss-reactive ketones (excluding diaryl/α,β-unsaturated/α-hetero) is 1. The molecule has 2 N–H and O–H groups in total. The van der Waals surface area contributed by atoms with E-state index in [0.29, 0.717) is 34.4 Å². The largest absolute Gasteiger partial charge is 0.497 e. The highest BCUT2D eigenvalue weighted by Crippen LogP contribution is 2.30. The quantitative estimate of drug-likeness (QED) is 0.805. The molecule has 1 aliphatic carbocycles. The molecule has 1 heterocycles. The Bertz CT molecular complexity index is 978. The van der Waals surface area contributed by atoms with Crippen molar-refractivity contribution in [3.63, 3.8) is 0 Å². The number of methoxy groups -OCH3 is 1. The lowest BCUT2D eigenvalue weighted by molar-refractivity contribution is 0.0528. The number of benzene rings is 1. The summed E-state index contributed by atoms with van der Waals surface area (Å²) in [5, 5.41) is 2.67. The van der Waals surface area contributed by atoms with E-state index in [1.165, 1.54) is 6.08 Å². The SMILES string of the molecule is COc1ccc(C2=CC(=O)c3[nH]cc(CCNC(=O)OC(C)(C)C)c3C2=O)cc1. The van der Waals surface area contributed by atoms with Crippen LogP contribution < -0.4 is 10.1 Å². The van der Waals surface area contributed by atoms with Crippen molar-refractivity contribution < 1.29 is 23.9 Å². The number of carbonyl (C=O) groups excluding carboxylic acids is 3. The van der Waals surface area contributed by atoms with Gasteiger partial charge in [-0.25, -0.2) is 4.79 Å². The van der Waals surface area contributed by atoms with Crippen LogP contribution in [0.5, 0.6) is 5.75 Å². The van der Waals surface area contributed by atoms with Gasteiger partial charge in [-0.15, -0.1) is 0 Å². The van der Waals surface area contributed by atoms with Crippen molar-refractivity contribution in [2.75, 3.05) is 13.7 Å². The van der Waals surface area contributed by atoms with Crippen molar-refractivity contribution in [3.8, 4) is 5.75 Å². The Kier molecular flexibility index (Phi) is 5.59. The monoisotopic (exact) mass is 396 g/mol. The molecule has 0 fully saturated rings. The Balaban J connectivity index is 1.76. The summed E-state index contributed by atoms with van der Waals surface area (Å²) in [5.74, 6) is 0.190. The molecule has 1 aliphatic rings. The van der Waals surface area contributed by atoms with Gasteiger partial charge in [-0.05, 0) is 56.5 Å². The number of alkyl carbamates (subject to hydrolysis) is 1. The zero-order valence-corrected chi connectivity index (χ0v) is 16.9. The number of H-pyrrole nitrogens is 1. The van der Waals surface area contributed by atoms with Crippen LogP contribution in [0.4, 0.5) is 4.79 Å². The van der Waals surface area contributed by atoms with E-state index >= 15 is 0 Å². The highest BCUT2D eigenvalue weighted by molar-refractivity contribution is 6.38. The van der Waals surface area contributed by atoms with Crippen LogP contribution in [0, 0.1) is 0 Å². The number of hydrogen-bond acceptors (Lipinski definition) is 5. The van der Waals surface area contributed by atoms with E-state index in [1.54, 1.807) is 58.3 Å². The molecule has 3 rings (SSSR count). The lowest BCUT2D eigenvalue weighted by Gasteiger charge is -2.19. The van der Waals surface area contributed by atoms with E-state index in [1.807, 2.05) is 0 Å². The van der Waals surface area contributed by atoms with Gasteiger partial charge in [-0.2, -0.15) is 0 Å². The molecule has 1 aromatic heterocycles. The second-order valence-corrected chi connectivity index (χ2v) is 7.72. The number of allylic oxidation sites excluding steroid dienone is 2. The lowest BCUT2D eigenvalue weighted by Crippen LogP contribution is -2.33. The number of amides is 1. The van der Waals surface area contributed by atoms with Gasteiger partial charge in [0.05, 0.1) is 18.4 Å². The van der Waals surface area contributed by atoms with Crippen LogP contribution in [0.1, 0.15) is 52.7 Å². The summed E-state index contributed by atoms with van der Waals surface area (Å²) in [6.07, 6.45) is 2.86. The van der Waals surface area contributed by atoms with Gasteiger partial charge in [-0.3, -0.25) is 9.59 Å². The molecule has 0 bridgehead atoms. The Morgan fingerprint density at radius 1 is 1.14 bits per heavy atom. The first-order valence-corrected chi connectivity index (χ1v) is 9.32. The number of fused-ring (bicyclic) bond motifs is 1. The van der Waals surface area contributed by atoms with E-state index in [4.69, 9.17) is 9.47 Å². The molecule has 0 aliphatic heterocycles. The van der Waals surface area contributed by atoms with Crippen LogP contribution in [0.15, 0.2) is 36.5 Å². The highest BCUT2D eigenvalue weighted by atomic mass is 16.6. The topological polar surface area (TPSA) is 97.5 Å². The first kappa shape index (κ1) is 20.4. The van der Waals surface area contributed by atoms with Gasteiger partial charge in [0.25, 0.3) is 0 Å². The van der Waals surface area contributed by atoms with Crippen molar-refractivity contribution in [2.45, 2.75) is 32.8 Å². The van der Waals surface area contributed by atoms with Crippen LogP contribution in [-0.4, -0.2) is 41.9 Å². The molecule has 1 amide bonds. The average molecular weight is 396 g/mol. The molecule has 7 heteroatoms. The summed E-state index contributed by atoms with van der Waals surface area (Å²) in [7, 11) is 1.56. The van der Waals surface area contributed by atoms with Crippen molar-refractivity contribution in [1.29, 1.82) is 0 Å². The van der Waals surface area contributed by atoms with E-state index < -0.39 is 11.7 Å². The molecule has 0 spiro atoms. The van der Waals surface area contributed by atoms with Crippen LogP contribution in [0.3, 0.4) is 0 Å². The minimum atomic E-state index is -0.586. The summed E-state index contributed by atoms with van der Waals surface area (Å²) in [6, 6.07) is 6.98. The van der Waals surface area contributed by atoms with Crippen LogP contribution in [0.2, 0.25) is 0 Å². The molecule has 152 valence electrons. The molecule has 7 nitrogen and oxygen atoms in total. The number of carbonyl (C=O) groups is 3. The van der Waals surface area contributed by atoms with Gasteiger partial charge in [0.1, 0.15) is 11.4 Å². The fourth-order valence-electron chi connectivity index (χ4n) is 3.12. The maximum atomic E-state index is 13.1. The van der Waals surface area contributed by atoms with E-state index in [-0.39, 0.29) is 23.8 Å². The van der Waals surface area contributed by atoms with Crippen LogP contribution in [0.25, 0.3) is 5.57 Å². The van der Waals surface area contributed by atoms with Gasteiger partial charge in [-0.1, -0.05) is 12.1 Å². The molecule has 0 radical (unpaired) electrons. The van der Waals surface area contributed by atoms with Gasteiger partial charge >= 0.3 is 6.09 Å². The second-order valence-electron chi connectivity index (χ2n) is 7.72. The fourth-order valence-corrected chi connectivity index (χ4v) is 3.12. The zero-order chi connectivity index (χ0) is 21.2. The van der Waals surface area contributed by atoms with Crippen molar-refractivity contribution in [2.24, 2.45) is 0 Å². The molecular formula is C22H24N2O5. The van der Waals surface area contributed by atoms with Gasteiger partial charge in [0.2, 0.25) is 5.78 Å². The van der Waals surface area contributed by atoms with Gasteiger partial charge in [0.15, 0.2) is 5.78 Å². The molecule has 0 saturated carbocycles. The molecular weight excluding hydrogens is 372 g/mol. The molecule has 0 atom stereocenters. The summed E-state index contributed by atoms with van der Waals surface area (Å²) >= 11 is 0. The fraction of sp³-hybridized carbons (Fsp3) is 0.318. The van der Waals surface area contributed by atoms with Gasteiger partial charge < -0.3 is 19.8 Å². The minimum Gasteiger partial charge on any atom is -0.497 e. The summed E-state index contributed by atoms with van der Waals surface area (Å²) in [6.45, 7) is 5.63. The summed E-state index contributed by atoms with van der Waals surface area (Å²) in [4.78, 5) is 40.3. The molecule has 1 aromatic carbocycles. The van der Waals surface area contributed by atoms with E-state index in [9.17, 15) is 14.4 Å². The van der Waals surface area contributed by atoms with E-state index in [2.05, 4.69) is 10.3 Å². The number of hydrogen-bond donors (Lipinski definition) is 2. The lowest BCUT2D eigenvalue weighted by atomic mass is 9.87. The molecule has 0 unspecified atom stereocenters. The number of rotatable bonds is 5. The summed E-state index contributed by atoms with van der Waals surface area (Å²) < 4.78 is 10.3. The Labute approximate surface area is 169 Å². The maximum absolute atomic E-state index is 13.1. The third kappa shape index (κ3) is 4.56. The first-order chi connectivity index (χ1) is 13.7. The van der Waals surface area contributed by atoms with E-state index in [0.717, 1.165) is 0 Å². The Hall–Kier alpha value is -3.35. The second kappa shape index (κ2) is 7.95. The first-order valence-electron chi connectivity index (χ1n) is 9.32. The standard InChI is InChI=1S/C22H24N2O5/c1-22(2,3)29-21(27)23-10-9-14-12-24-19-17(25)11-16(20(26)18(14)19)13-5-7-15(28-4)8-6-13/h5-8,11-12,24H,9-10H2,1-4H3,(H,23,27). The third-order valence-corrected chi connectivity index (χ3v) is 4.42. The highest BCUT2D eigenvalue weighted by Gasteiger charge is 2.30. The van der Waals surface area contributed by atoms with Crippen molar-refractivity contribution in [1.82, 2.24) is 10.3 Å². The predicted molar refractivity (Wildman–Crippen MR) is 108 cm³/mol. The van der Waals surface area contributed by atoms with Crippen LogP contribution >= 0.6 is 0 Å². The normalized spacial score (nSPS) is 13.6. The van der Waals surface area contributed by atoms with Crippen molar-refractivity contribution in [3.05, 3.63) is 58.9 Å². The maximum Gasteiger partial charge on any atom is 0.407 e. The minimum absolute atomic E-state index is 0.224. The Morgan fingerprint density at radius 2 is 1.83 bits per heavy atom.